The molecule has 0 bridgehead atoms. The van der Waals surface area contributed by atoms with E-state index in [1.807, 2.05) is 31.2 Å². The van der Waals surface area contributed by atoms with E-state index in [4.69, 9.17) is 0 Å². The molecule has 13 heavy (non-hydrogen) atoms. The predicted octanol–water partition coefficient (Wildman–Crippen LogP) is 3.13. The fraction of sp³-hybridized carbons (Fsp3) is 0.273. The number of hydrogen-bond donors (Lipinski definition) is 0. The molecule has 0 amide bonds. The van der Waals surface area contributed by atoms with Crippen molar-refractivity contribution in [1.82, 2.24) is 0 Å². The van der Waals surface area contributed by atoms with Crippen LogP contribution in [-0.4, -0.2) is 14.2 Å². The smallest absolute Gasteiger partial charge is 0.0351 e. The molecule has 0 saturated heterocycles. The monoisotopic (exact) mass is 184 g/mol. The first-order valence-electron chi connectivity index (χ1n) is 3.93. The standard InChI is InChI=1S/C9H10.C2H6O.FH/c1-2-6-9-7-4-3-5-8-9;1-3-2;/h2-8H,1H3;1-2H3;1H. The minimum absolute atomic E-state index is 0. The first kappa shape index (κ1) is 14.4. The van der Waals surface area contributed by atoms with Gasteiger partial charge in [0.2, 0.25) is 0 Å². The summed E-state index contributed by atoms with van der Waals surface area (Å²) in [6, 6.07) is 10.3. The van der Waals surface area contributed by atoms with Crippen LogP contribution in [0.4, 0.5) is 4.70 Å². The summed E-state index contributed by atoms with van der Waals surface area (Å²) in [5.41, 5.74) is 1.26. The summed E-state index contributed by atoms with van der Waals surface area (Å²) in [5.74, 6) is 0. The van der Waals surface area contributed by atoms with Crippen molar-refractivity contribution < 1.29 is 9.44 Å². The van der Waals surface area contributed by atoms with E-state index in [1.165, 1.54) is 5.56 Å². The van der Waals surface area contributed by atoms with Crippen LogP contribution in [0.15, 0.2) is 36.4 Å². The molecule has 74 valence electrons. The van der Waals surface area contributed by atoms with Gasteiger partial charge in [0, 0.05) is 14.2 Å². The molecule has 1 aromatic carbocycles. The predicted molar refractivity (Wildman–Crippen MR) is 56.6 cm³/mol. The van der Waals surface area contributed by atoms with Crippen molar-refractivity contribution in [3.63, 3.8) is 0 Å². The summed E-state index contributed by atoms with van der Waals surface area (Å²) in [6.07, 6.45) is 4.12. The highest BCUT2D eigenvalue weighted by atomic mass is 19.0. The Bertz CT molecular complexity index is 207. The molecular formula is C11H17FO. The molecule has 0 N–H and O–H groups in total. The first-order chi connectivity index (χ1) is 5.85. The average molecular weight is 184 g/mol. The molecule has 0 aliphatic carbocycles. The van der Waals surface area contributed by atoms with Gasteiger partial charge in [-0.05, 0) is 12.5 Å². The van der Waals surface area contributed by atoms with E-state index in [1.54, 1.807) is 14.2 Å². The van der Waals surface area contributed by atoms with Gasteiger partial charge < -0.3 is 4.74 Å². The highest BCUT2D eigenvalue weighted by Gasteiger charge is 1.77. The van der Waals surface area contributed by atoms with Gasteiger partial charge in [-0.3, -0.25) is 4.70 Å². The molecule has 0 aliphatic heterocycles. The molecule has 0 radical (unpaired) electrons. The Morgan fingerprint density at radius 3 is 1.92 bits per heavy atom. The zero-order chi connectivity index (χ0) is 9.23. The summed E-state index contributed by atoms with van der Waals surface area (Å²) >= 11 is 0. The van der Waals surface area contributed by atoms with E-state index in [9.17, 15) is 0 Å². The van der Waals surface area contributed by atoms with Crippen molar-refractivity contribution in [1.29, 1.82) is 0 Å². The lowest BCUT2D eigenvalue weighted by Gasteiger charge is -1.86. The second kappa shape index (κ2) is 10.8. The van der Waals surface area contributed by atoms with Crippen LogP contribution >= 0.6 is 0 Å². The van der Waals surface area contributed by atoms with Crippen LogP contribution in [0, 0.1) is 0 Å². The fourth-order valence-corrected chi connectivity index (χ4v) is 0.757. The number of benzene rings is 1. The van der Waals surface area contributed by atoms with E-state index in [0.717, 1.165) is 0 Å². The zero-order valence-corrected chi connectivity index (χ0v) is 8.36. The maximum absolute atomic E-state index is 4.25. The number of allylic oxidation sites excluding steroid dienone is 1. The third kappa shape index (κ3) is 8.76. The van der Waals surface area contributed by atoms with Crippen LogP contribution in [0.5, 0.6) is 0 Å². The van der Waals surface area contributed by atoms with E-state index in [2.05, 4.69) is 22.9 Å². The summed E-state index contributed by atoms with van der Waals surface area (Å²) < 4.78 is 4.25. The third-order valence-corrected chi connectivity index (χ3v) is 1.16. The molecule has 1 nitrogen and oxygen atoms in total. The van der Waals surface area contributed by atoms with E-state index in [-0.39, 0.29) is 4.70 Å². The van der Waals surface area contributed by atoms with Crippen LogP contribution < -0.4 is 0 Å². The topological polar surface area (TPSA) is 9.23 Å². The molecule has 0 heterocycles. The third-order valence-electron chi connectivity index (χ3n) is 1.16. The summed E-state index contributed by atoms with van der Waals surface area (Å²) in [5, 5.41) is 0. The van der Waals surface area contributed by atoms with Crippen LogP contribution in [0.25, 0.3) is 6.08 Å². The lowest BCUT2D eigenvalue weighted by molar-refractivity contribution is 0.277. The Hall–Kier alpha value is -1.15. The Kier molecular flexibility index (Phi) is 12.0. The van der Waals surface area contributed by atoms with Crippen LogP contribution in [-0.2, 0) is 4.74 Å². The molecule has 2 heteroatoms. The summed E-state index contributed by atoms with van der Waals surface area (Å²) in [4.78, 5) is 0. The Balaban J connectivity index is 0. The average Bonchev–Trinajstić information content (AvgIpc) is 2.08. The summed E-state index contributed by atoms with van der Waals surface area (Å²) in [7, 11) is 3.25. The number of ether oxygens (including phenoxy) is 1. The normalized spacial score (nSPS) is 8.54. The maximum atomic E-state index is 4.25. The van der Waals surface area contributed by atoms with Crippen molar-refractivity contribution in [2.45, 2.75) is 6.92 Å². The lowest BCUT2D eigenvalue weighted by atomic mass is 10.2. The number of hydrogen-bond acceptors (Lipinski definition) is 1. The Morgan fingerprint density at radius 1 is 1.08 bits per heavy atom. The number of rotatable bonds is 1. The van der Waals surface area contributed by atoms with Crippen molar-refractivity contribution >= 4 is 6.08 Å². The highest BCUT2D eigenvalue weighted by molar-refractivity contribution is 5.47. The molecule has 0 aromatic heterocycles. The quantitative estimate of drug-likeness (QED) is 0.651. The molecular weight excluding hydrogens is 167 g/mol. The van der Waals surface area contributed by atoms with Crippen LogP contribution in [0.1, 0.15) is 12.5 Å². The maximum Gasteiger partial charge on any atom is 0.0351 e. The summed E-state index contributed by atoms with van der Waals surface area (Å²) in [6.45, 7) is 2.02. The zero-order valence-electron chi connectivity index (χ0n) is 8.36. The minimum atomic E-state index is 0. The molecule has 0 aliphatic rings. The molecule has 0 unspecified atom stereocenters. The van der Waals surface area contributed by atoms with Crippen LogP contribution in [0.3, 0.4) is 0 Å². The highest BCUT2D eigenvalue weighted by Crippen LogP contribution is 1.99. The van der Waals surface area contributed by atoms with Gasteiger partial charge in [0.15, 0.2) is 0 Å². The number of halogens is 1. The molecule has 0 spiro atoms. The van der Waals surface area contributed by atoms with Crippen LogP contribution in [0.2, 0.25) is 0 Å². The Morgan fingerprint density at radius 2 is 1.54 bits per heavy atom. The largest absolute Gasteiger partial charge is 0.388 e. The fourth-order valence-electron chi connectivity index (χ4n) is 0.757. The number of methoxy groups -OCH3 is 1. The van der Waals surface area contributed by atoms with E-state index >= 15 is 0 Å². The van der Waals surface area contributed by atoms with Gasteiger partial charge >= 0.3 is 0 Å². The van der Waals surface area contributed by atoms with E-state index in [0.29, 0.717) is 0 Å². The van der Waals surface area contributed by atoms with Gasteiger partial charge in [0.05, 0.1) is 0 Å². The lowest BCUT2D eigenvalue weighted by Crippen LogP contribution is -1.65. The van der Waals surface area contributed by atoms with Crippen molar-refractivity contribution in [2.75, 3.05) is 14.2 Å². The van der Waals surface area contributed by atoms with Gasteiger partial charge in [-0.15, -0.1) is 0 Å². The van der Waals surface area contributed by atoms with E-state index < -0.39 is 0 Å². The molecule has 0 fully saturated rings. The molecule has 1 aromatic rings. The molecule has 1 rings (SSSR count). The second-order valence-corrected chi connectivity index (χ2v) is 2.32. The van der Waals surface area contributed by atoms with Crippen molar-refractivity contribution in [3.8, 4) is 0 Å². The van der Waals surface area contributed by atoms with Gasteiger partial charge in [0.25, 0.3) is 0 Å². The van der Waals surface area contributed by atoms with Gasteiger partial charge in [-0.1, -0.05) is 42.5 Å². The van der Waals surface area contributed by atoms with Gasteiger partial charge in [-0.25, -0.2) is 0 Å². The van der Waals surface area contributed by atoms with Gasteiger partial charge in [-0.2, -0.15) is 0 Å². The first-order valence-corrected chi connectivity index (χ1v) is 3.93. The van der Waals surface area contributed by atoms with Crippen molar-refractivity contribution in [2.24, 2.45) is 0 Å². The van der Waals surface area contributed by atoms with Crippen molar-refractivity contribution in [3.05, 3.63) is 42.0 Å². The molecule has 0 atom stereocenters. The van der Waals surface area contributed by atoms with Gasteiger partial charge in [0.1, 0.15) is 0 Å². The minimum Gasteiger partial charge on any atom is -0.388 e. The SMILES string of the molecule is CC=Cc1ccccc1.COC.F. The Labute approximate surface area is 79.4 Å². The molecule has 0 saturated carbocycles. The second-order valence-electron chi connectivity index (χ2n) is 2.32.